The highest BCUT2D eigenvalue weighted by Gasteiger charge is 2.14. The molecule has 0 saturated heterocycles. The van der Waals surface area contributed by atoms with Crippen LogP contribution >= 0.6 is 23.4 Å². The molecule has 0 aliphatic rings. The summed E-state index contributed by atoms with van der Waals surface area (Å²) < 4.78 is 21.1. The summed E-state index contributed by atoms with van der Waals surface area (Å²) in [4.78, 5) is 0. The minimum atomic E-state index is -0.348. The number of allylic oxidation sites excluding steroid dienone is 1. The maximum Gasteiger partial charge on any atom is 0.191 e. The van der Waals surface area contributed by atoms with Crippen LogP contribution in [0.5, 0.6) is 5.75 Å². The number of rotatable bonds is 8. The van der Waals surface area contributed by atoms with Crippen molar-refractivity contribution in [1.82, 2.24) is 14.8 Å². The summed E-state index contributed by atoms with van der Waals surface area (Å²) in [6.07, 6.45) is 1.79. The Balaban J connectivity index is 1.72. The molecule has 0 unspecified atom stereocenters. The number of aryl methyl sites for hydroxylation is 2. The second-order valence-corrected chi connectivity index (χ2v) is 7.73. The molecule has 28 heavy (non-hydrogen) atoms. The Bertz CT molecular complexity index is 917. The first-order chi connectivity index (χ1) is 13.5. The summed E-state index contributed by atoms with van der Waals surface area (Å²) in [5.41, 5.74) is 3.11. The highest BCUT2D eigenvalue weighted by atomic mass is 35.5. The summed E-state index contributed by atoms with van der Waals surface area (Å²) in [6.45, 7) is 8.76. The molecule has 0 N–H and O–H groups in total. The van der Waals surface area contributed by atoms with Gasteiger partial charge in [-0.25, -0.2) is 4.39 Å². The van der Waals surface area contributed by atoms with Gasteiger partial charge in [0.05, 0.1) is 0 Å². The van der Waals surface area contributed by atoms with Crippen LogP contribution in [0.1, 0.15) is 22.5 Å². The lowest BCUT2D eigenvalue weighted by molar-refractivity contribution is 0.287. The molecular weight excluding hydrogens is 397 g/mol. The van der Waals surface area contributed by atoms with Gasteiger partial charge >= 0.3 is 0 Å². The number of benzene rings is 2. The van der Waals surface area contributed by atoms with Crippen LogP contribution in [0.4, 0.5) is 4.39 Å². The summed E-state index contributed by atoms with van der Waals surface area (Å²) in [5.74, 6) is 1.75. The molecule has 0 fully saturated rings. The zero-order chi connectivity index (χ0) is 20.1. The molecule has 1 heterocycles. The number of nitrogens with zero attached hydrogens (tertiary/aromatic N) is 3. The van der Waals surface area contributed by atoms with Gasteiger partial charge in [-0.05, 0) is 43.2 Å². The summed E-state index contributed by atoms with van der Waals surface area (Å²) in [5, 5.41) is 9.69. The lowest BCUT2D eigenvalue weighted by Crippen LogP contribution is -2.08. The van der Waals surface area contributed by atoms with E-state index in [0.29, 0.717) is 29.8 Å². The van der Waals surface area contributed by atoms with E-state index in [1.54, 1.807) is 12.1 Å². The maximum absolute atomic E-state index is 13.2. The van der Waals surface area contributed by atoms with Gasteiger partial charge < -0.3 is 4.74 Å². The fraction of sp³-hybridized carbons (Fsp3) is 0.238. The summed E-state index contributed by atoms with van der Waals surface area (Å²) >= 11 is 7.60. The first-order valence-corrected chi connectivity index (χ1v) is 10.1. The third-order valence-corrected chi connectivity index (χ3v) is 5.53. The monoisotopic (exact) mass is 417 g/mol. The molecule has 7 heteroatoms. The lowest BCUT2D eigenvalue weighted by Gasteiger charge is -2.11. The van der Waals surface area contributed by atoms with Crippen molar-refractivity contribution >= 4 is 23.4 Å². The average Bonchev–Trinajstić information content (AvgIpc) is 3.02. The molecule has 146 valence electrons. The third kappa shape index (κ3) is 4.94. The zero-order valence-corrected chi connectivity index (χ0v) is 17.4. The van der Waals surface area contributed by atoms with E-state index < -0.39 is 0 Å². The second-order valence-electron chi connectivity index (χ2n) is 6.38. The summed E-state index contributed by atoms with van der Waals surface area (Å²) in [7, 11) is 0. The second kappa shape index (κ2) is 9.26. The SMILES string of the molecule is C=CCn1c(COc2ccc(C)cc2C)nnc1SCc1ccc(F)cc1Cl. The highest BCUT2D eigenvalue weighted by molar-refractivity contribution is 7.98. The van der Waals surface area contributed by atoms with Gasteiger partial charge in [0.15, 0.2) is 11.0 Å². The van der Waals surface area contributed by atoms with Gasteiger partial charge in [0.2, 0.25) is 0 Å². The molecule has 0 amide bonds. The van der Waals surface area contributed by atoms with Gasteiger partial charge in [0, 0.05) is 17.3 Å². The Kier molecular flexibility index (Phi) is 6.75. The molecule has 4 nitrogen and oxygen atoms in total. The number of thioether (sulfide) groups is 1. The van der Waals surface area contributed by atoms with Crippen molar-refractivity contribution in [2.75, 3.05) is 0 Å². The zero-order valence-electron chi connectivity index (χ0n) is 15.8. The Morgan fingerprint density at radius 1 is 1.21 bits per heavy atom. The van der Waals surface area contributed by atoms with Crippen molar-refractivity contribution in [3.05, 3.63) is 82.4 Å². The molecular formula is C21H21ClFN3OS. The quantitative estimate of drug-likeness (QED) is 0.346. The van der Waals surface area contributed by atoms with Crippen LogP contribution in [-0.4, -0.2) is 14.8 Å². The molecule has 0 atom stereocenters. The van der Waals surface area contributed by atoms with Crippen molar-refractivity contribution in [3.63, 3.8) is 0 Å². The van der Waals surface area contributed by atoms with Crippen LogP contribution in [0.2, 0.25) is 5.02 Å². The van der Waals surface area contributed by atoms with E-state index in [0.717, 1.165) is 22.0 Å². The van der Waals surface area contributed by atoms with Crippen LogP contribution in [0.15, 0.2) is 54.2 Å². The van der Waals surface area contributed by atoms with Crippen molar-refractivity contribution in [3.8, 4) is 5.75 Å². The number of hydrogen-bond donors (Lipinski definition) is 0. The predicted molar refractivity (Wildman–Crippen MR) is 111 cm³/mol. The normalized spacial score (nSPS) is 10.9. The first-order valence-electron chi connectivity index (χ1n) is 8.77. The number of aromatic nitrogens is 3. The van der Waals surface area contributed by atoms with Crippen molar-refractivity contribution in [2.45, 2.75) is 37.9 Å². The van der Waals surface area contributed by atoms with E-state index in [9.17, 15) is 4.39 Å². The van der Waals surface area contributed by atoms with E-state index in [1.807, 2.05) is 30.5 Å². The largest absolute Gasteiger partial charge is 0.485 e. The van der Waals surface area contributed by atoms with E-state index >= 15 is 0 Å². The molecule has 1 aromatic heterocycles. The first kappa shape index (κ1) is 20.4. The van der Waals surface area contributed by atoms with Gasteiger partial charge in [0.25, 0.3) is 0 Å². The van der Waals surface area contributed by atoms with Crippen LogP contribution < -0.4 is 4.74 Å². The van der Waals surface area contributed by atoms with Crippen LogP contribution in [0.25, 0.3) is 0 Å². The molecule has 0 saturated carbocycles. The van der Waals surface area contributed by atoms with Gasteiger partial charge in [-0.3, -0.25) is 4.57 Å². The minimum Gasteiger partial charge on any atom is -0.485 e. The van der Waals surface area contributed by atoms with E-state index in [4.69, 9.17) is 16.3 Å². The highest BCUT2D eigenvalue weighted by Crippen LogP contribution is 2.27. The Labute approximate surface area is 173 Å². The number of halogens is 2. The van der Waals surface area contributed by atoms with Gasteiger partial charge in [-0.1, -0.05) is 53.2 Å². The lowest BCUT2D eigenvalue weighted by atomic mass is 10.1. The van der Waals surface area contributed by atoms with Crippen LogP contribution in [-0.2, 0) is 18.9 Å². The fourth-order valence-electron chi connectivity index (χ4n) is 2.73. The van der Waals surface area contributed by atoms with Gasteiger partial charge in [-0.15, -0.1) is 16.8 Å². The molecule has 0 radical (unpaired) electrons. The summed E-state index contributed by atoms with van der Waals surface area (Å²) in [6, 6.07) is 10.5. The van der Waals surface area contributed by atoms with Gasteiger partial charge in [0.1, 0.15) is 18.2 Å². The minimum absolute atomic E-state index is 0.308. The van der Waals surface area contributed by atoms with E-state index in [2.05, 4.69) is 22.8 Å². The maximum atomic E-state index is 13.2. The topological polar surface area (TPSA) is 39.9 Å². The van der Waals surface area contributed by atoms with Gasteiger partial charge in [-0.2, -0.15) is 0 Å². The number of hydrogen-bond acceptors (Lipinski definition) is 4. The van der Waals surface area contributed by atoms with E-state index in [-0.39, 0.29) is 5.82 Å². The fourth-order valence-corrected chi connectivity index (χ4v) is 4.01. The van der Waals surface area contributed by atoms with Crippen molar-refractivity contribution in [1.29, 1.82) is 0 Å². The molecule has 0 aliphatic carbocycles. The predicted octanol–water partition coefficient (Wildman–Crippen LogP) is 5.74. The smallest absolute Gasteiger partial charge is 0.191 e. The molecule has 0 aliphatic heterocycles. The molecule has 3 rings (SSSR count). The molecule has 2 aromatic carbocycles. The van der Waals surface area contributed by atoms with Crippen LogP contribution in [0, 0.1) is 19.7 Å². The Morgan fingerprint density at radius 3 is 2.75 bits per heavy atom. The molecule has 0 spiro atoms. The number of ether oxygens (including phenoxy) is 1. The van der Waals surface area contributed by atoms with Crippen molar-refractivity contribution < 1.29 is 9.13 Å². The molecule has 3 aromatic rings. The average molecular weight is 418 g/mol. The molecule has 0 bridgehead atoms. The van der Waals surface area contributed by atoms with Crippen LogP contribution in [0.3, 0.4) is 0 Å². The Morgan fingerprint density at radius 2 is 2.04 bits per heavy atom. The third-order valence-electron chi connectivity index (χ3n) is 4.16. The Hall–Kier alpha value is -2.31. The van der Waals surface area contributed by atoms with E-state index in [1.165, 1.54) is 29.5 Å². The standard InChI is InChI=1S/C21H21ClFN3OS/c1-4-9-26-20(12-27-19-8-5-14(2)10-15(19)3)24-25-21(26)28-13-16-6-7-17(23)11-18(16)22/h4-8,10-11H,1,9,12-13H2,2-3H3. The van der Waals surface area contributed by atoms with Crippen molar-refractivity contribution in [2.24, 2.45) is 0 Å².